The van der Waals surface area contributed by atoms with E-state index in [1.54, 1.807) is 6.26 Å². The van der Waals surface area contributed by atoms with E-state index in [9.17, 15) is 4.79 Å². The first-order valence-corrected chi connectivity index (χ1v) is 10.7. The van der Waals surface area contributed by atoms with Crippen LogP contribution < -0.4 is 4.90 Å². The second-order valence-corrected chi connectivity index (χ2v) is 8.08. The molecule has 1 fully saturated rings. The Hall–Kier alpha value is -3.31. The fourth-order valence-electron chi connectivity index (χ4n) is 4.40. The van der Waals surface area contributed by atoms with E-state index in [4.69, 9.17) is 9.15 Å². The summed E-state index contributed by atoms with van der Waals surface area (Å²) in [5, 5.41) is 3.31. The van der Waals surface area contributed by atoms with Gasteiger partial charge in [0.05, 0.1) is 25.9 Å². The summed E-state index contributed by atoms with van der Waals surface area (Å²) in [4.78, 5) is 17.3. The van der Waals surface area contributed by atoms with Crippen LogP contribution in [0.15, 0.2) is 71.3 Å². The third-order valence-electron chi connectivity index (χ3n) is 6.06. The standard InChI is InChI=1S/C26H26N2O3/c1-27(17-20-7-3-5-9-23(20)28-12-14-30-15-13-28)25(29)16-21-18-31-24-11-10-19-6-2-4-8-22(19)26(21)24/h2-11,18H,12-17H2,1H3. The fraction of sp³-hybridized carbons (Fsp3) is 0.269. The molecule has 0 radical (unpaired) electrons. The zero-order valence-electron chi connectivity index (χ0n) is 17.7. The summed E-state index contributed by atoms with van der Waals surface area (Å²) >= 11 is 0. The predicted octanol–water partition coefficient (Wildman–Crippen LogP) is 4.62. The maximum absolute atomic E-state index is 13.1. The van der Waals surface area contributed by atoms with Crippen molar-refractivity contribution in [1.29, 1.82) is 0 Å². The number of rotatable bonds is 5. The van der Waals surface area contributed by atoms with Gasteiger partial charge in [0.25, 0.3) is 0 Å². The number of carbonyl (C=O) groups excluding carboxylic acids is 1. The average molecular weight is 415 g/mol. The molecule has 0 bridgehead atoms. The molecule has 4 aromatic rings. The molecule has 5 heteroatoms. The van der Waals surface area contributed by atoms with E-state index in [1.807, 2.05) is 36.2 Å². The van der Waals surface area contributed by atoms with Gasteiger partial charge in [-0.2, -0.15) is 0 Å². The van der Waals surface area contributed by atoms with Crippen LogP contribution >= 0.6 is 0 Å². The van der Waals surface area contributed by atoms with E-state index in [-0.39, 0.29) is 5.91 Å². The van der Waals surface area contributed by atoms with E-state index >= 15 is 0 Å². The molecule has 0 spiro atoms. The molecular weight excluding hydrogens is 388 g/mol. The number of amides is 1. The van der Waals surface area contributed by atoms with Crippen molar-refractivity contribution in [2.24, 2.45) is 0 Å². The number of likely N-dealkylation sites (N-methyl/N-ethyl adjacent to an activating group) is 1. The average Bonchev–Trinajstić information content (AvgIpc) is 3.23. The van der Waals surface area contributed by atoms with Crippen molar-refractivity contribution in [3.63, 3.8) is 0 Å². The van der Waals surface area contributed by atoms with Gasteiger partial charge in [0.1, 0.15) is 5.58 Å². The van der Waals surface area contributed by atoms with Crippen LogP contribution in [0, 0.1) is 0 Å². The molecule has 31 heavy (non-hydrogen) atoms. The van der Waals surface area contributed by atoms with Crippen molar-refractivity contribution in [3.05, 3.63) is 78.1 Å². The Kier molecular flexibility index (Phi) is 5.35. The maximum atomic E-state index is 13.1. The molecule has 3 aromatic carbocycles. The topological polar surface area (TPSA) is 45.9 Å². The van der Waals surface area contributed by atoms with E-state index < -0.39 is 0 Å². The van der Waals surface area contributed by atoms with Crippen LogP contribution in [0.1, 0.15) is 11.1 Å². The lowest BCUT2D eigenvalue weighted by molar-refractivity contribution is -0.129. The van der Waals surface area contributed by atoms with Gasteiger partial charge >= 0.3 is 0 Å². The van der Waals surface area contributed by atoms with Gasteiger partial charge in [0.15, 0.2) is 0 Å². The Morgan fingerprint density at radius 1 is 0.968 bits per heavy atom. The van der Waals surface area contributed by atoms with Gasteiger partial charge in [-0.1, -0.05) is 48.5 Å². The van der Waals surface area contributed by atoms with E-state index in [0.717, 1.165) is 59.2 Å². The number of benzene rings is 3. The molecule has 1 aromatic heterocycles. The van der Waals surface area contributed by atoms with Gasteiger partial charge in [0, 0.05) is 43.3 Å². The Morgan fingerprint density at radius 2 is 1.74 bits per heavy atom. The highest BCUT2D eigenvalue weighted by atomic mass is 16.5. The van der Waals surface area contributed by atoms with Crippen LogP contribution in [0.2, 0.25) is 0 Å². The number of anilines is 1. The van der Waals surface area contributed by atoms with Crippen LogP contribution in [-0.2, 0) is 22.5 Å². The zero-order chi connectivity index (χ0) is 21.2. The maximum Gasteiger partial charge on any atom is 0.227 e. The normalized spacial score (nSPS) is 14.3. The molecule has 1 aliphatic heterocycles. The summed E-state index contributed by atoms with van der Waals surface area (Å²) in [6, 6.07) is 20.6. The zero-order valence-corrected chi connectivity index (χ0v) is 17.7. The van der Waals surface area contributed by atoms with E-state index in [0.29, 0.717) is 13.0 Å². The monoisotopic (exact) mass is 414 g/mol. The minimum atomic E-state index is 0.0763. The first-order valence-electron chi connectivity index (χ1n) is 10.7. The summed E-state index contributed by atoms with van der Waals surface area (Å²) in [6.45, 7) is 3.81. The molecule has 0 unspecified atom stereocenters. The number of nitrogens with zero attached hydrogens (tertiary/aromatic N) is 2. The van der Waals surface area contributed by atoms with Crippen molar-refractivity contribution >= 4 is 33.3 Å². The molecule has 5 nitrogen and oxygen atoms in total. The lowest BCUT2D eigenvalue weighted by Gasteiger charge is -2.31. The fourth-order valence-corrected chi connectivity index (χ4v) is 4.40. The number of morpholine rings is 1. The highest BCUT2D eigenvalue weighted by Crippen LogP contribution is 2.30. The van der Waals surface area contributed by atoms with Gasteiger partial charge in [-0.3, -0.25) is 4.79 Å². The summed E-state index contributed by atoms with van der Waals surface area (Å²) in [5.74, 6) is 0.0763. The number of para-hydroxylation sites is 1. The molecule has 0 atom stereocenters. The highest BCUT2D eigenvalue weighted by Gasteiger charge is 2.19. The quantitative estimate of drug-likeness (QED) is 0.478. The molecule has 2 heterocycles. The van der Waals surface area contributed by atoms with Crippen LogP contribution in [0.5, 0.6) is 0 Å². The summed E-state index contributed by atoms with van der Waals surface area (Å²) in [5.41, 5.74) is 4.10. The van der Waals surface area contributed by atoms with Gasteiger partial charge in [-0.15, -0.1) is 0 Å². The number of hydrogen-bond donors (Lipinski definition) is 0. The molecular formula is C26H26N2O3. The van der Waals surface area contributed by atoms with Gasteiger partial charge in [-0.05, 0) is 28.5 Å². The van der Waals surface area contributed by atoms with Crippen LogP contribution in [0.25, 0.3) is 21.7 Å². The Bertz CT molecular complexity index is 1220. The summed E-state index contributed by atoms with van der Waals surface area (Å²) < 4.78 is 11.3. The van der Waals surface area contributed by atoms with Gasteiger partial charge in [0.2, 0.25) is 5.91 Å². The van der Waals surface area contributed by atoms with Gasteiger partial charge < -0.3 is 19.0 Å². The van der Waals surface area contributed by atoms with Crippen LogP contribution in [-0.4, -0.2) is 44.2 Å². The summed E-state index contributed by atoms with van der Waals surface area (Å²) in [7, 11) is 1.87. The van der Waals surface area contributed by atoms with Crippen molar-refractivity contribution in [3.8, 4) is 0 Å². The number of hydrogen-bond acceptors (Lipinski definition) is 4. The SMILES string of the molecule is CN(Cc1ccccc1N1CCOCC1)C(=O)Cc1coc2ccc3ccccc3c12. The molecule has 0 aliphatic carbocycles. The first kappa shape index (κ1) is 19.6. The number of carbonyl (C=O) groups is 1. The second kappa shape index (κ2) is 8.44. The van der Waals surface area contributed by atoms with Crippen molar-refractivity contribution < 1.29 is 13.9 Å². The Balaban J connectivity index is 1.37. The lowest BCUT2D eigenvalue weighted by Crippen LogP contribution is -2.37. The van der Waals surface area contributed by atoms with Crippen molar-refractivity contribution in [2.45, 2.75) is 13.0 Å². The minimum Gasteiger partial charge on any atom is -0.464 e. The smallest absolute Gasteiger partial charge is 0.227 e. The molecule has 158 valence electrons. The van der Waals surface area contributed by atoms with Gasteiger partial charge in [-0.25, -0.2) is 0 Å². The number of furan rings is 1. The van der Waals surface area contributed by atoms with Crippen molar-refractivity contribution in [1.82, 2.24) is 4.90 Å². The lowest BCUT2D eigenvalue weighted by atomic mass is 10.0. The minimum absolute atomic E-state index is 0.0763. The third kappa shape index (κ3) is 3.89. The van der Waals surface area contributed by atoms with E-state index in [2.05, 4.69) is 41.3 Å². The summed E-state index contributed by atoms with van der Waals surface area (Å²) in [6.07, 6.45) is 2.04. The predicted molar refractivity (Wildman–Crippen MR) is 123 cm³/mol. The van der Waals surface area contributed by atoms with Crippen LogP contribution in [0.4, 0.5) is 5.69 Å². The molecule has 1 aliphatic rings. The third-order valence-corrected chi connectivity index (χ3v) is 6.06. The number of fused-ring (bicyclic) bond motifs is 3. The van der Waals surface area contributed by atoms with Crippen molar-refractivity contribution in [2.75, 3.05) is 38.3 Å². The van der Waals surface area contributed by atoms with E-state index in [1.165, 1.54) is 5.69 Å². The first-order chi connectivity index (χ1) is 15.2. The molecule has 0 saturated carbocycles. The largest absolute Gasteiger partial charge is 0.464 e. The second-order valence-electron chi connectivity index (χ2n) is 8.08. The molecule has 0 N–H and O–H groups in total. The highest BCUT2D eigenvalue weighted by molar-refractivity contribution is 6.08. The Morgan fingerprint density at radius 3 is 2.61 bits per heavy atom. The van der Waals surface area contributed by atoms with Crippen LogP contribution in [0.3, 0.4) is 0 Å². The Labute approximate surface area is 181 Å². The number of ether oxygens (including phenoxy) is 1. The molecule has 1 amide bonds. The molecule has 5 rings (SSSR count). The molecule has 1 saturated heterocycles.